The summed E-state index contributed by atoms with van der Waals surface area (Å²) in [4.78, 5) is 15.3. The SMILES string of the molecule is Nc1ccc2[nH]c(C(=O)OC3CCCCCC3)cc2c1. The predicted octanol–water partition coefficient (Wildman–Crippen LogP) is 3.63. The molecular weight excluding hydrogens is 252 g/mol. The van der Waals surface area contributed by atoms with E-state index in [-0.39, 0.29) is 12.1 Å². The highest BCUT2D eigenvalue weighted by Crippen LogP contribution is 2.23. The maximum Gasteiger partial charge on any atom is 0.355 e. The van der Waals surface area contributed by atoms with E-state index in [1.807, 2.05) is 24.3 Å². The van der Waals surface area contributed by atoms with Gasteiger partial charge in [0.05, 0.1) is 0 Å². The lowest BCUT2D eigenvalue weighted by Crippen LogP contribution is -2.17. The molecule has 3 rings (SSSR count). The van der Waals surface area contributed by atoms with Gasteiger partial charge in [-0.1, -0.05) is 12.8 Å². The Bertz CT molecular complexity index is 610. The van der Waals surface area contributed by atoms with Gasteiger partial charge in [-0.25, -0.2) is 4.79 Å². The second-order valence-electron chi connectivity index (χ2n) is 5.55. The van der Waals surface area contributed by atoms with Crippen LogP contribution in [0.3, 0.4) is 0 Å². The summed E-state index contributed by atoms with van der Waals surface area (Å²) in [5, 5.41) is 0.942. The molecule has 4 heteroatoms. The number of nitrogens with one attached hydrogen (secondary N) is 1. The third-order valence-corrected chi connectivity index (χ3v) is 3.94. The number of rotatable bonds is 2. The van der Waals surface area contributed by atoms with Crippen molar-refractivity contribution in [3.8, 4) is 0 Å². The molecule has 0 unspecified atom stereocenters. The second kappa shape index (κ2) is 5.57. The lowest BCUT2D eigenvalue weighted by atomic mass is 10.1. The number of carbonyl (C=O) groups excluding carboxylic acids is 1. The molecule has 0 amide bonds. The van der Waals surface area contributed by atoms with Crippen molar-refractivity contribution < 1.29 is 9.53 Å². The van der Waals surface area contributed by atoms with Gasteiger partial charge in [-0.2, -0.15) is 0 Å². The van der Waals surface area contributed by atoms with Crippen molar-refractivity contribution in [2.75, 3.05) is 5.73 Å². The molecule has 0 saturated heterocycles. The maximum atomic E-state index is 12.2. The second-order valence-corrected chi connectivity index (χ2v) is 5.55. The number of hydrogen-bond donors (Lipinski definition) is 2. The number of carbonyl (C=O) groups is 1. The minimum Gasteiger partial charge on any atom is -0.458 e. The third-order valence-electron chi connectivity index (χ3n) is 3.94. The summed E-state index contributed by atoms with van der Waals surface area (Å²) < 4.78 is 5.62. The first-order valence-corrected chi connectivity index (χ1v) is 7.31. The first kappa shape index (κ1) is 13.0. The average Bonchev–Trinajstić information content (AvgIpc) is 2.68. The fraction of sp³-hybridized carbons (Fsp3) is 0.438. The van der Waals surface area contributed by atoms with Gasteiger partial charge in [-0.15, -0.1) is 0 Å². The number of H-pyrrole nitrogens is 1. The third kappa shape index (κ3) is 2.79. The molecule has 1 fully saturated rings. The minimum atomic E-state index is -0.258. The highest BCUT2D eigenvalue weighted by molar-refractivity contribution is 5.95. The Morgan fingerprint density at radius 1 is 1.15 bits per heavy atom. The number of fused-ring (bicyclic) bond motifs is 1. The Morgan fingerprint density at radius 3 is 2.65 bits per heavy atom. The summed E-state index contributed by atoms with van der Waals surface area (Å²) >= 11 is 0. The number of nitrogens with two attached hydrogens (primary N) is 1. The van der Waals surface area contributed by atoms with Crippen molar-refractivity contribution in [2.24, 2.45) is 0 Å². The Kier molecular flexibility index (Phi) is 3.63. The molecular formula is C16H20N2O2. The van der Waals surface area contributed by atoms with E-state index in [1.165, 1.54) is 12.8 Å². The van der Waals surface area contributed by atoms with E-state index in [4.69, 9.17) is 10.5 Å². The first-order valence-electron chi connectivity index (χ1n) is 7.31. The largest absolute Gasteiger partial charge is 0.458 e. The molecule has 1 aromatic carbocycles. The molecule has 20 heavy (non-hydrogen) atoms. The van der Waals surface area contributed by atoms with Gasteiger partial charge < -0.3 is 15.5 Å². The summed E-state index contributed by atoms with van der Waals surface area (Å²) in [5.41, 5.74) is 7.86. The molecule has 0 spiro atoms. The highest BCUT2D eigenvalue weighted by atomic mass is 16.5. The first-order chi connectivity index (χ1) is 9.72. The van der Waals surface area contributed by atoms with Crippen molar-refractivity contribution in [2.45, 2.75) is 44.6 Å². The van der Waals surface area contributed by atoms with Gasteiger partial charge in [0.15, 0.2) is 0 Å². The lowest BCUT2D eigenvalue weighted by Gasteiger charge is -2.14. The quantitative estimate of drug-likeness (QED) is 0.498. The van der Waals surface area contributed by atoms with Crippen LogP contribution >= 0.6 is 0 Å². The monoisotopic (exact) mass is 272 g/mol. The average molecular weight is 272 g/mol. The summed E-state index contributed by atoms with van der Waals surface area (Å²) in [6, 6.07) is 7.37. The zero-order chi connectivity index (χ0) is 13.9. The number of aromatic nitrogens is 1. The lowest BCUT2D eigenvalue weighted by molar-refractivity contribution is 0.0261. The number of nitrogen functional groups attached to an aromatic ring is 1. The van der Waals surface area contributed by atoms with Gasteiger partial charge >= 0.3 is 5.97 Å². The van der Waals surface area contributed by atoms with Gasteiger partial charge in [0, 0.05) is 16.6 Å². The number of benzene rings is 1. The molecule has 4 nitrogen and oxygen atoms in total. The molecule has 1 aliphatic carbocycles. The Hall–Kier alpha value is -1.97. The topological polar surface area (TPSA) is 68.1 Å². The van der Waals surface area contributed by atoms with Crippen LogP contribution < -0.4 is 5.73 Å². The predicted molar refractivity (Wildman–Crippen MR) is 79.6 cm³/mol. The van der Waals surface area contributed by atoms with E-state index in [0.717, 1.165) is 36.6 Å². The van der Waals surface area contributed by atoms with Crippen LogP contribution in [-0.4, -0.2) is 17.1 Å². The summed E-state index contributed by atoms with van der Waals surface area (Å²) in [5.74, 6) is -0.258. The molecule has 0 atom stereocenters. The highest BCUT2D eigenvalue weighted by Gasteiger charge is 2.19. The summed E-state index contributed by atoms with van der Waals surface area (Å²) in [6.45, 7) is 0. The van der Waals surface area contributed by atoms with Crippen LogP contribution in [0.1, 0.15) is 49.0 Å². The summed E-state index contributed by atoms with van der Waals surface area (Å²) in [7, 11) is 0. The van der Waals surface area contributed by atoms with Crippen molar-refractivity contribution in [3.63, 3.8) is 0 Å². The maximum absolute atomic E-state index is 12.2. The van der Waals surface area contributed by atoms with Crippen LogP contribution in [0.2, 0.25) is 0 Å². The smallest absolute Gasteiger partial charge is 0.355 e. The zero-order valence-electron chi connectivity index (χ0n) is 11.5. The fourth-order valence-electron chi connectivity index (χ4n) is 2.84. The molecule has 2 aromatic rings. The molecule has 1 saturated carbocycles. The molecule has 1 heterocycles. The van der Waals surface area contributed by atoms with Gasteiger partial charge in [0.2, 0.25) is 0 Å². The Labute approximate surface area is 118 Å². The molecule has 0 bridgehead atoms. The number of aromatic amines is 1. The standard InChI is InChI=1S/C16H20N2O2/c17-12-7-8-14-11(9-12)10-15(18-14)16(19)20-13-5-3-1-2-4-6-13/h7-10,13,18H,1-6,17H2. The van der Waals surface area contributed by atoms with E-state index in [1.54, 1.807) is 0 Å². The van der Waals surface area contributed by atoms with Crippen molar-refractivity contribution in [3.05, 3.63) is 30.0 Å². The Balaban J connectivity index is 1.74. The van der Waals surface area contributed by atoms with Crippen LogP contribution in [0.4, 0.5) is 5.69 Å². The van der Waals surface area contributed by atoms with Crippen molar-refractivity contribution in [1.82, 2.24) is 4.98 Å². The van der Waals surface area contributed by atoms with E-state index in [2.05, 4.69) is 4.98 Å². The molecule has 0 radical (unpaired) electrons. The molecule has 3 N–H and O–H groups in total. The van der Waals surface area contributed by atoms with Crippen molar-refractivity contribution >= 4 is 22.6 Å². The van der Waals surface area contributed by atoms with Crippen LogP contribution in [0.25, 0.3) is 10.9 Å². The number of anilines is 1. The van der Waals surface area contributed by atoms with Crippen LogP contribution in [0.5, 0.6) is 0 Å². The number of ether oxygens (including phenoxy) is 1. The number of esters is 1. The normalized spacial score (nSPS) is 17.0. The van der Waals surface area contributed by atoms with E-state index >= 15 is 0 Å². The van der Waals surface area contributed by atoms with E-state index < -0.39 is 0 Å². The molecule has 0 aliphatic heterocycles. The van der Waals surface area contributed by atoms with Crippen LogP contribution in [-0.2, 0) is 4.74 Å². The number of hydrogen-bond acceptors (Lipinski definition) is 3. The molecule has 1 aromatic heterocycles. The van der Waals surface area contributed by atoms with Gasteiger partial charge in [-0.3, -0.25) is 0 Å². The van der Waals surface area contributed by atoms with Gasteiger partial charge in [0.25, 0.3) is 0 Å². The van der Waals surface area contributed by atoms with E-state index in [0.29, 0.717) is 11.4 Å². The molecule has 106 valence electrons. The van der Waals surface area contributed by atoms with Crippen LogP contribution in [0.15, 0.2) is 24.3 Å². The van der Waals surface area contributed by atoms with Crippen molar-refractivity contribution in [1.29, 1.82) is 0 Å². The zero-order valence-corrected chi connectivity index (χ0v) is 11.5. The summed E-state index contributed by atoms with van der Waals surface area (Å²) in [6.07, 6.45) is 6.85. The van der Waals surface area contributed by atoms with E-state index in [9.17, 15) is 4.79 Å². The fourth-order valence-corrected chi connectivity index (χ4v) is 2.84. The van der Waals surface area contributed by atoms with Gasteiger partial charge in [0.1, 0.15) is 11.8 Å². The molecule has 1 aliphatic rings. The Morgan fingerprint density at radius 2 is 1.90 bits per heavy atom. The minimum absolute atomic E-state index is 0.0708. The van der Waals surface area contributed by atoms with Gasteiger partial charge in [-0.05, 0) is 49.9 Å². The van der Waals surface area contributed by atoms with Crippen LogP contribution in [0, 0.1) is 0 Å².